The largest absolute Gasteiger partial charge is 0.490 e. The number of nitrogens with zero attached hydrogens (tertiary/aromatic N) is 2. The van der Waals surface area contributed by atoms with Gasteiger partial charge in [-0.1, -0.05) is 115 Å². The van der Waals surface area contributed by atoms with Gasteiger partial charge in [-0.25, -0.2) is 4.79 Å². The van der Waals surface area contributed by atoms with Crippen LogP contribution in [-0.4, -0.2) is 51.2 Å². The Labute approximate surface area is 318 Å². The van der Waals surface area contributed by atoms with Crippen LogP contribution in [0.15, 0.2) is 150 Å². The number of amidine groups is 1. The second kappa shape index (κ2) is 18.9. The van der Waals surface area contributed by atoms with Crippen LogP contribution in [-0.2, 0) is 21.0 Å². The average molecular weight is 742 g/mol. The summed E-state index contributed by atoms with van der Waals surface area (Å²) >= 11 is 0.985. The number of carbonyl (C=O) groups is 4. The molecule has 274 valence electrons. The molecule has 0 radical (unpaired) electrons. The molecule has 0 fully saturated rings. The van der Waals surface area contributed by atoms with E-state index in [4.69, 9.17) is 14.6 Å². The van der Waals surface area contributed by atoms with Crippen LogP contribution in [0.5, 0.6) is 11.5 Å². The fourth-order valence-corrected chi connectivity index (χ4v) is 6.27. The smallest absolute Gasteiger partial charge is 0.335 e. The van der Waals surface area contributed by atoms with E-state index in [9.17, 15) is 19.2 Å². The average Bonchev–Trinajstić information content (AvgIpc) is 3.19. The van der Waals surface area contributed by atoms with Gasteiger partial charge >= 0.3 is 5.97 Å². The van der Waals surface area contributed by atoms with Gasteiger partial charge < -0.3 is 19.9 Å². The molecule has 2 N–H and O–H groups in total. The van der Waals surface area contributed by atoms with Gasteiger partial charge in [0.25, 0.3) is 11.8 Å². The fraction of sp³-hybridized carbons (Fsp3) is 0.140. The molecule has 0 aliphatic carbocycles. The van der Waals surface area contributed by atoms with Gasteiger partial charge in [0.05, 0.1) is 24.0 Å². The van der Waals surface area contributed by atoms with Crippen LogP contribution in [0.25, 0.3) is 6.08 Å². The van der Waals surface area contributed by atoms with Gasteiger partial charge in [0.1, 0.15) is 12.2 Å². The van der Waals surface area contributed by atoms with Crippen LogP contribution < -0.4 is 14.8 Å². The first kappa shape index (κ1) is 38.8. The molecule has 0 unspecified atom stereocenters. The van der Waals surface area contributed by atoms with Crippen molar-refractivity contribution in [1.82, 2.24) is 10.2 Å². The first-order valence-electron chi connectivity index (χ1n) is 17.1. The van der Waals surface area contributed by atoms with Crippen LogP contribution in [0.3, 0.4) is 0 Å². The van der Waals surface area contributed by atoms with Crippen LogP contribution in [0.2, 0.25) is 0 Å². The summed E-state index contributed by atoms with van der Waals surface area (Å²) in [7, 11) is 0. The third-order valence-electron chi connectivity index (χ3n) is 8.09. The van der Waals surface area contributed by atoms with Crippen molar-refractivity contribution in [2.24, 2.45) is 4.99 Å². The first-order valence-corrected chi connectivity index (χ1v) is 18.1. The molecule has 5 rings (SSSR count). The normalized spacial score (nSPS) is 14.0. The molecule has 1 heterocycles. The van der Waals surface area contributed by atoms with E-state index in [1.54, 1.807) is 61.6 Å². The molecule has 0 saturated heterocycles. The molecule has 11 heteroatoms. The third-order valence-corrected chi connectivity index (χ3v) is 9.03. The number of amides is 3. The van der Waals surface area contributed by atoms with E-state index in [1.165, 1.54) is 23.1 Å². The number of aliphatic imine (C=N–C) groups is 1. The van der Waals surface area contributed by atoms with E-state index in [-0.39, 0.29) is 34.6 Å². The van der Waals surface area contributed by atoms with Crippen molar-refractivity contribution in [3.8, 4) is 11.5 Å². The van der Waals surface area contributed by atoms with Crippen molar-refractivity contribution in [1.29, 1.82) is 0 Å². The summed E-state index contributed by atoms with van der Waals surface area (Å²) in [5, 5.41) is 12.3. The van der Waals surface area contributed by atoms with E-state index in [2.05, 4.69) is 16.9 Å². The zero-order valence-corrected chi connectivity index (χ0v) is 30.6. The predicted molar refractivity (Wildman–Crippen MR) is 211 cm³/mol. The maximum Gasteiger partial charge on any atom is 0.335 e. The topological polar surface area (TPSA) is 135 Å². The monoisotopic (exact) mass is 741 g/mol. The molecule has 1 aliphatic heterocycles. The minimum absolute atomic E-state index is 0.0604. The number of carboxylic acids is 1. The lowest BCUT2D eigenvalue weighted by atomic mass is 9.99. The number of carbonyl (C=O) groups excluding carboxylic acids is 3. The van der Waals surface area contributed by atoms with E-state index < -0.39 is 23.8 Å². The van der Waals surface area contributed by atoms with Crippen LogP contribution in [0.4, 0.5) is 0 Å². The van der Waals surface area contributed by atoms with Crippen molar-refractivity contribution < 1.29 is 33.8 Å². The standard InChI is InChI=1S/C43H39N3O7S/c1-4-7-18-34(5-2)46-41(49)35(25-30-21-24-36(37(26-30)52-6-3)53-27-29-19-22-33(23-20-29)42(50)51)40(48)45-43(46)54-28-38(47)44-39(31-14-10-8-11-15-31)32-16-12-9-13-17-32/h4-5,7-26,39H,1,6,27-28H2,2-3H3,(H,44,47)(H,50,51)/b18-7-,34-5+,35-25+. The Kier molecular flexibility index (Phi) is 13.5. The highest BCUT2D eigenvalue weighted by Crippen LogP contribution is 2.32. The van der Waals surface area contributed by atoms with Gasteiger partial charge in [0.2, 0.25) is 5.91 Å². The molecule has 54 heavy (non-hydrogen) atoms. The summed E-state index contributed by atoms with van der Waals surface area (Å²) in [6, 6.07) is 30.2. The molecule has 0 saturated carbocycles. The summed E-state index contributed by atoms with van der Waals surface area (Å²) in [4.78, 5) is 57.9. The molecule has 4 aromatic carbocycles. The number of hydrogen-bond acceptors (Lipinski definition) is 7. The fourth-order valence-electron chi connectivity index (χ4n) is 5.47. The number of aromatic carboxylic acids is 1. The minimum atomic E-state index is -1.01. The van der Waals surface area contributed by atoms with E-state index in [0.717, 1.165) is 28.5 Å². The zero-order valence-electron chi connectivity index (χ0n) is 29.8. The molecule has 0 bridgehead atoms. The van der Waals surface area contributed by atoms with Crippen molar-refractivity contribution in [2.45, 2.75) is 26.5 Å². The minimum Gasteiger partial charge on any atom is -0.490 e. The summed E-state index contributed by atoms with van der Waals surface area (Å²) in [5.41, 5.74) is 3.49. The first-order chi connectivity index (χ1) is 26.2. The number of ether oxygens (including phenoxy) is 2. The third kappa shape index (κ3) is 9.90. The number of allylic oxidation sites excluding steroid dienone is 4. The quantitative estimate of drug-likeness (QED) is 0.0718. The number of hydrogen-bond donors (Lipinski definition) is 2. The molecule has 0 aromatic heterocycles. The number of benzene rings is 4. The number of carboxylic acid groups (broad SMARTS) is 1. The van der Waals surface area contributed by atoms with Gasteiger partial charge in [-0.3, -0.25) is 19.3 Å². The highest BCUT2D eigenvalue weighted by Gasteiger charge is 2.35. The Morgan fingerprint density at radius 1 is 0.926 bits per heavy atom. The van der Waals surface area contributed by atoms with Crippen LogP contribution in [0, 0.1) is 0 Å². The van der Waals surface area contributed by atoms with Gasteiger partial charge in [0, 0.05) is 5.70 Å². The zero-order chi connectivity index (χ0) is 38.5. The van der Waals surface area contributed by atoms with E-state index in [1.807, 2.05) is 67.6 Å². The summed E-state index contributed by atoms with van der Waals surface area (Å²) < 4.78 is 11.8. The summed E-state index contributed by atoms with van der Waals surface area (Å²) in [5.74, 6) is -2.00. The van der Waals surface area contributed by atoms with Gasteiger partial charge in [-0.2, -0.15) is 4.99 Å². The maximum absolute atomic E-state index is 14.2. The number of thioether (sulfide) groups is 1. The lowest BCUT2D eigenvalue weighted by Gasteiger charge is -2.28. The Morgan fingerprint density at radius 2 is 1.59 bits per heavy atom. The molecule has 0 spiro atoms. The molecular weight excluding hydrogens is 703 g/mol. The molecule has 1 aliphatic rings. The van der Waals surface area contributed by atoms with Gasteiger partial charge in [0.15, 0.2) is 16.7 Å². The van der Waals surface area contributed by atoms with Gasteiger partial charge in [-0.05, 0) is 72.5 Å². The number of nitrogens with one attached hydrogen (secondary N) is 1. The maximum atomic E-state index is 14.2. The summed E-state index contributed by atoms with van der Waals surface area (Å²) in [6.07, 6.45) is 8.05. The predicted octanol–water partition coefficient (Wildman–Crippen LogP) is 7.76. The Balaban J connectivity index is 1.38. The van der Waals surface area contributed by atoms with Crippen molar-refractivity contribution >= 4 is 46.7 Å². The van der Waals surface area contributed by atoms with Crippen molar-refractivity contribution in [3.05, 3.63) is 173 Å². The second-order valence-corrected chi connectivity index (χ2v) is 12.7. The van der Waals surface area contributed by atoms with E-state index >= 15 is 0 Å². The molecule has 4 aromatic rings. The van der Waals surface area contributed by atoms with Crippen LogP contribution >= 0.6 is 11.8 Å². The molecule has 3 amide bonds. The van der Waals surface area contributed by atoms with Crippen molar-refractivity contribution in [2.75, 3.05) is 12.4 Å². The van der Waals surface area contributed by atoms with Crippen molar-refractivity contribution in [3.63, 3.8) is 0 Å². The van der Waals surface area contributed by atoms with E-state index in [0.29, 0.717) is 29.4 Å². The second-order valence-electron chi connectivity index (χ2n) is 11.7. The lowest BCUT2D eigenvalue weighted by Crippen LogP contribution is -2.42. The Hall–Kier alpha value is -6.46. The summed E-state index contributed by atoms with van der Waals surface area (Å²) in [6.45, 7) is 7.78. The molecular formula is C43H39N3O7S. The Bertz CT molecular complexity index is 2090. The molecule has 10 nitrogen and oxygen atoms in total. The highest BCUT2D eigenvalue weighted by atomic mass is 32.2. The molecule has 0 atom stereocenters. The van der Waals surface area contributed by atoms with Gasteiger partial charge in [-0.15, -0.1) is 0 Å². The number of rotatable bonds is 15. The SMILES string of the molecule is C=C/C=C\C(=C/C)N1C(=O)/C(=C/c2ccc(OCc3ccc(C(=O)O)cc3)c(OCC)c2)C(=O)N=C1SCC(=O)NC(c1ccccc1)c1ccccc1. The lowest BCUT2D eigenvalue weighted by molar-refractivity contribution is -0.126. The van der Waals surface area contributed by atoms with Crippen LogP contribution in [0.1, 0.15) is 52.5 Å². The highest BCUT2D eigenvalue weighted by molar-refractivity contribution is 8.14. The Morgan fingerprint density at radius 3 is 2.19 bits per heavy atom.